The lowest BCUT2D eigenvalue weighted by Gasteiger charge is -2.18. The number of ether oxygens (including phenoxy) is 3. The molecule has 0 N–H and O–H groups in total. The summed E-state index contributed by atoms with van der Waals surface area (Å²) in [5.74, 6) is -0.869. The lowest BCUT2D eigenvalue weighted by molar-refractivity contribution is -0.167. The van der Waals surface area contributed by atoms with Crippen molar-refractivity contribution < 1.29 is 28.6 Å². The summed E-state index contributed by atoms with van der Waals surface area (Å²) in [6.45, 7) is 6.64. The summed E-state index contributed by atoms with van der Waals surface area (Å²) >= 11 is 0. The summed E-state index contributed by atoms with van der Waals surface area (Å²) in [5, 5.41) is 0. The maximum atomic E-state index is 12.9. The van der Waals surface area contributed by atoms with E-state index in [1.165, 1.54) is 212 Å². The van der Waals surface area contributed by atoms with Crippen LogP contribution < -0.4 is 0 Å². The molecule has 74 heavy (non-hydrogen) atoms. The summed E-state index contributed by atoms with van der Waals surface area (Å²) in [6.07, 6.45) is 79.4. The predicted molar refractivity (Wildman–Crippen MR) is 321 cm³/mol. The molecular formula is C68H122O6. The van der Waals surface area contributed by atoms with Gasteiger partial charge in [0.15, 0.2) is 6.10 Å². The van der Waals surface area contributed by atoms with Gasteiger partial charge in [-0.05, 0) is 89.9 Å². The Morgan fingerprint density at radius 2 is 0.486 bits per heavy atom. The highest BCUT2D eigenvalue weighted by molar-refractivity contribution is 5.71. The first-order chi connectivity index (χ1) is 36.5. The topological polar surface area (TPSA) is 78.9 Å². The molecule has 0 rings (SSSR count). The Morgan fingerprint density at radius 1 is 0.270 bits per heavy atom. The zero-order valence-electron chi connectivity index (χ0n) is 49.4. The van der Waals surface area contributed by atoms with Crippen molar-refractivity contribution in [1.82, 2.24) is 0 Å². The first kappa shape index (κ1) is 71.1. The molecule has 0 aromatic carbocycles. The molecule has 0 aliphatic carbocycles. The maximum absolute atomic E-state index is 12.9. The predicted octanol–water partition coefficient (Wildman–Crippen LogP) is 21.9. The van der Waals surface area contributed by atoms with Crippen LogP contribution in [0.4, 0.5) is 0 Å². The summed E-state index contributed by atoms with van der Waals surface area (Å²) < 4.78 is 16.9. The third-order valence-electron chi connectivity index (χ3n) is 14.2. The van der Waals surface area contributed by atoms with Gasteiger partial charge >= 0.3 is 17.9 Å². The highest BCUT2D eigenvalue weighted by Gasteiger charge is 2.19. The fraction of sp³-hybridized carbons (Fsp3) is 0.809. The number of allylic oxidation sites excluding steroid dienone is 10. The Labute approximate surface area is 460 Å². The van der Waals surface area contributed by atoms with Gasteiger partial charge in [-0.25, -0.2) is 0 Å². The quantitative estimate of drug-likeness (QED) is 0.0261. The van der Waals surface area contributed by atoms with Crippen LogP contribution in [0, 0.1) is 0 Å². The second-order valence-corrected chi connectivity index (χ2v) is 21.7. The van der Waals surface area contributed by atoms with Crippen molar-refractivity contribution in [3.63, 3.8) is 0 Å². The average molecular weight is 1040 g/mol. The Balaban J connectivity index is 4.23. The molecule has 0 aliphatic heterocycles. The monoisotopic (exact) mass is 1030 g/mol. The fourth-order valence-electron chi connectivity index (χ4n) is 9.36. The molecular weight excluding hydrogens is 913 g/mol. The minimum absolute atomic E-state index is 0.0746. The van der Waals surface area contributed by atoms with Crippen LogP contribution in [0.25, 0.3) is 0 Å². The van der Waals surface area contributed by atoms with Gasteiger partial charge in [0.25, 0.3) is 0 Å². The number of carbonyl (C=O) groups is 3. The zero-order chi connectivity index (χ0) is 53.6. The van der Waals surface area contributed by atoms with E-state index in [1.807, 2.05) is 0 Å². The molecule has 1 atom stereocenters. The lowest BCUT2D eigenvalue weighted by Crippen LogP contribution is -2.30. The first-order valence-electron chi connectivity index (χ1n) is 32.3. The van der Waals surface area contributed by atoms with Crippen molar-refractivity contribution in [3.8, 4) is 0 Å². The number of hydrogen-bond donors (Lipinski definition) is 0. The van der Waals surface area contributed by atoms with E-state index < -0.39 is 6.10 Å². The SMILES string of the molecule is CCCCCC/C=C\C/C=C\CCCCCCCCCC(=O)OC(COC(=O)CCCCCCCCCCCCC)COC(=O)CCCCCCCCCCCCCC/C=C\C/C=C\C/C=C\CCCCCCC. The van der Waals surface area contributed by atoms with E-state index in [0.29, 0.717) is 19.3 Å². The van der Waals surface area contributed by atoms with Crippen molar-refractivity contribution in [2.45, 2.75) is 341 Å². The largest absolute Gasteiger partial charge is 0.462 e. The summed E-state index contributed by atoms with van der Waals surface area (Å²) in [7, 11) is 0. The molecule has 0 spiro atoms. The number of carbonyl (C=O) groups excluding carboxylic acids is 3. The van der Waals surface area contributed by atoms with E-state index in [2.05, 4.69) is 81.5 Å². The molecule has 0 fully saturated rings. The Morgan fingerprint density at radius 3 is 0.770 bits per heavy atom. The van der Waals surface area contributed by atoms with Gasteiger partial charge in [-0.2, -0.15) is 0 Å². The van der Waals surface area contributed by atoms with Gasteiger partial charge in [0.1, 0.15) is 13.2 Å². The van der Waals surface area contributed by atoms with Crippen LogP contribution in [-0.2, 0) is 28.6 Å². The van der Waals surface area contributed by atoms with E-state index in [-0.39, 0.29) is 31.1 Å². The van der Waals surface area contributed by atoms with Crippen molar-refractivity contribution in [3.05, 3.63) is 60.8 Å². The number of unbranched alkanes of at least 4 members (excludes halogenated alkanes) is 38. The molecule has 0 saturated heterocycles. The van der Waals surface area contributed by atoms with Gasteiger partial charge in [0.2, 0.25) is 0 Å². The summed E-state index contributed by atoms with van der Waals surface area (Å²) in [5.41, 5.74) is 0. The fourth-order valence-corrected chi connectivity index (χ4v) is 9.36. The van der Waals surface area contributed by atoms with Crippen molar-refractivity contribution in [1.29, 1.82) is 0 Å². The molecule has 0 aromatic heterocycles. The molecule has 6 nitrogen and oxygen atoms in total. The minimum Gasteiger partial charge on any atom is -0.462 e. The third-order valence-corrected chi connectivity index (χ3v) is 14.2. The highest BCUT2D eigenvalue weighted by Crippen LogP contribution is 2.17. The van der Waals surface area contributed by atoms with Gasteiger partial charge in [0, 0.05) is 19.3 Å². The van der Waals surface area contributed by atoms with Gasteiger partial charge < -0.3 is 14.2 Å². The molecule has 1 unspecified atom stereocenters. The van der Waals surface area contributed by atoms with Crippen LogP contribution in [0.15, 0.2) is 60.8 Å². The third kappa shape index (κ3) is 60.0. The number of esters is 3. The number of hydrogen-bond acceptors (Lipinski definition) is 6. The van der Waals surface area contributed by atoms with Crippen molar-refractivity contribution >= 4 is 17.9 Å². The molecule has 0 radical (unpaired) electrons. The smallest absolute Gasteiger partial charge is 0.306 e. The second-order valence-electron chi connectivity index (χ2n) is 21.7. The van der Waals surface area contributed by atoms with Crippen LogP contribution in [0.3, 0.4) is 0 Å². The Kier molecular flexibility index (Phi) is 60.2. The Hall–Kier alpha value is -2.89. The molecule has 0 saturated carbocycles. The van der Waals surface area contributed by atoms with Gasteiger partial charge in [-0.1, -0.05) is 287 Å². The van der Waals surface area contributed by atoms with Crippen molar-refractivity contribution in [2.24, 2.45) is 0 Å². The molecule has 0 amide bonds. The van der Waals surface area contributed by atoms with E-state index in [9.17, 15) is 14.4 Å². The molecule has 0 aliphatic rings. The first-order valence-corrected chi connectivity index (χ1v) is 32.3. The standard InChI is InChI=1S/C68H122O6/c1-4-7-10-13-16-19-22-24-26-28-30-31-32-33-34-35-36-37-38-40-41-43-46-49-52-55-58-61-67(70)73-64-65(63-72-66(69)60-57-54-51-48-45-21-18-15-12-9-6-3)74-68(71)62-59-56-53-50-47-44-42-39-29-27-25-23-20-17-14-11-8-5-2/h20,22-24,27-30,32-33,65H,4-19,21,25-26,31,34-64H2,1-3H3/b23-20-,24-22-,29-27-,30-28-,33-32-. The van der Waals surface area contributed by atoms with Crippen LogP contribution in [-0.4, -0.2) is 37.2 Å². The maximum Gasteiger partial charge on any atom is 0.306 e. The van der Waals surface area contributed by atoms with Crippen LogP contribution in [0.2, 0.25) is 0 Å². The van der Waals surface area contributed by atoms with Gasteiger partial charge in [-0.15, -0.1) is 0 Å². The molecule has 0 bridgehead atoms. The van der Waals surface area contributed by atoms with E-state index in [4.69, 9.17) is 14.2 Å². The summed E-state index contributed by atoms with van der Waals surface area (Å²) in [4.78, 5) is 38.2. The van der Waals surface area contributed by atoms with Crippen LogP contribution in [0.5, 0.6) is 0 Å². The van der Waals surface area contributed by atoms with E-state index >= 15 is 0 Å². The average Bonchev–Trinajstić information content (AvgIpc) is 3.40. The molecule has 0 heterocycles. The van der Waals surface area contributed by atoms with Crippen LogP contribution >= 0.6 is 0 Å². The van der Waals surface area contributed by atoms with Gasteiger partial charge in [0.05, 0.1) is 0 Å². The Bertz CT molecular complexity index is 1330. The normalized spacial score (nSPS) is 12.4. The van der Waals surface area contributed by atoms with Crippen LogP contribution in [0.1, 0.15) is 335 Å². The molecule has 6 heteroatoms. The van der Waals surface area contributed by atoms with Crippen molar-refractivity contribution in [2.75, 3.05) is 13.2 Å². The van der Waals surface area contributed by atoms with E-state index in [1.54, 1.807) is 0 Å². The molecule has 0 aromatic rings. The summed E-state index contributed by atoms with van der Waals surface area (Å²) in [6, 6.07) is 0. The highest BCUT2D eigenvalue weighted by atomic mass is 16.6. The zero-order valence-corrected chi connectivity index (χ0v) is 49.4. The second kappa shape index (κ2) is 62.6. The van der Waals surface area contributed by atoms with Gasteiger partial charge in [-0.3, -0.25) is 14.4 Å². The number of rotatable bonds is 59. The minimum atomic E-state index is -0.777. The van der Waals surface area contributed by atoms with E-state index in [0.717, 1.165) is 83.5 Å². The lowest BCUT2D eigenvalue weighted by atomic mass is 10.0. The molecule has 430 valence electrons.